The maximum atomic E-state index is 12.9. The van der Waals surface area contributed by atoms with Crippen LogP contribution in [0.3, 0.4) is 0 Å². The molecule has 0 heterocycles. The van der Waals surface area contributed by atoms with Crippen LogP contribution in [0.2, 0.25) is 0 Å². The van der Waals surface area contributed by atoms with E-state index >= 15 is 0 Å². The number of nitriles is 1. The molecule has 4 heteroatoms. The van der Waals surface area contributed by atoms with Crippen molar-refractivity contribution in [1.29, 1.82) is 5.26 Å². The summed E-state index contributed by atoms with van der Waals surface area (Å²) in [4.78, 5) is 0. The fourth-order valence-electron chi connectivity index (χ4n) is 0.891. The van der Waals surface area contributed by atoms with Crippen molar-refractivity contribution in [2.75, 3.05) is 6.61 Å². The lowest BCUT2D eigenvalue weighted by Gasteiger charge is -2.05. The van der Waals surface area contributed by atoms with Gasteiger partial charge in [0.15, 0.2) is 0 Å². The fourth-order valence-corrected chi connectivity index (χ4v) is 1.21. The topological polar surface area (TPSA) is 33.0 Å². The molecular weight excluding hydrogens is 237 g/mol. The number of hydrogen-bond donors (Lipinski definition) is 0. The van der Waals surface area contributed by atoms with Gasteiger partial charge in [-0.15, -0.1) is 0 Å². The van der Waals surface area contributed by atoms with Crippen LogP contribution < -0.4 is 4.74 Å². The molecule has 0 atom stereocenters. The van der Waals surface area contributed by atoms with Crippen molar-refractivity contribution in [1.82, 2.24) is 0 Å². The second-order valence-electron chi connectivity index (χ2n) is 2.31. The summed E-state index contributed by atoms with van der Waals surface area (Å²) in [7, 11) is 0. The van der Waals surface area contributed by atoms with Gasteiger partial charge in [0.2, 0.25) is 0 Å². The Hall–Kier alpha value is -1.08. The fraction of sp³-hybridized carbons (Fsp3) is 0.222. The number of rotatable bonds is 2. The first-order valence-electron chi connectivity index (χ1n) is 3.71. The summed E-state index contributed by atoms with van der Waals surface area (Å²) >= 11 is 3.01. The molecule has 0 fully saturated rings. The molecule has 0 aliphatic heterocycles. The number of ether oxygens (including phenoxy) is 1. The highest BCUT2D eigenvalue weighted by molar-refractivity contribution is 9.10. The Kier molecular flexibility index (Phi) is 3.26. The molecule has 1 rings (SSSR count). The molecule has 0 aliphatic rings. The molecule has 0 unspecified atom stereocenters. The molecule has 13 heavy (non-hydrogen) atoms. The van der Waals surface area contributed by atoms with Crippen LogP contribution in [0.4, 0.5) is 4.39 Å². The summed E-state index contributed by atoms with van der Waals surface area (Å²) < 4.78 is 18.4. The molecular formula is C9H7BrFNO. The van der Waals surface area contributed by atoms with Crippen LogP contribution in [0.25, 0.3) is 0 Å². The molecule has 0 aromatic heterocycles. The molecule has 0 bridgehead atoms. The van der Waals surface area contributed by atoms with Gasteiger partial charge >= 0.3 is 0 Å². The van der Waals surface area contributed by atoms with Crippen molar-refractivity contribution in [2.24, 2.45) is 0 Å². The third kappa shape index (κ3) is 2.19. The smallest absolute Gasteiger partial charge is 0.138 e. The van der Waals surface area contributed by atoms with E-state index in [1.807, 2.05) is 6.07 Å². The summed E-state index contributed by atoms with van der Waals surface area (Å²) in [6.07, 6.45) is 0. The Labute approximate surface area is 84.1 Å². The Balaban J connectivity index is 3.18. The highest BCUT2D eigenvalue weighted by atomic mass is 79.9. The van der Waals surface area contributed by atoms with Gasteiger partial charge in [-0.05, 0) is 35.0 Å². The number of hydrogen-bond acceptors (Lipinski definition) is 2. The van der Waals surface area contributed by atoms with E-state index in [1.54, 1.807) is 6.92 Å². The molecule has 1 aromatic rings. The molecule has 0 radical (unpaired) electrons. The Morgan fingerprint density at radius 2 is 2.31 bits per heavy atom. The Morgan fingerprint density at radius 1 is 1.62 bits per heavy atom. The summed E-state index contributed by atoms with van der Waals surface area (Å²) in [5.41, 5.74) is 0.211. The average molecular weight is 244 g/mol. The van der Waals surface area contributed by atoms with Crippen LogP contribution >= 0.6 is 15.9 Å². The highest BCUT2D eigenvalue weighted by Gasteiger charge is 2.08. The lowest BCUT2D eigenvalue weighted by atomic mass is 10.2. The first kappa shape index (κ1) is 10.0. The van der Waals surface area contributed by atoms with Crippen molar-refractivity contribution in [2.45, 2.75) is 6.92 Å². The van der Waals surface area contributed by atoms with Crippen LogP contribution in [-0.2, 0) is 0 Å². The van der Waals surface area contributed by atoms with Crippen LogP contribution in [0.1, 0.15) is 12.5 Å². The van der Waals surface area contributed by atoms with Crippen LogP contribution in [-0.4, -0.2) is 6.61 Å². The Morgan fingerprint density at radius 3 is 2.85 bits per heavy atom. The monoisotopic (exact) mass is 243 g/mol. The van der Waals surface area contributed by atoms with Gasteiger partial charge in [-0.1, -0.05) is 0 Å². The van der Waals surface area contributed by atoms with E-state index in [4.69, 9.17) is 10.00 Å². The summed E-state index contributed by atoms with van der Waals surface area (Å²) in [6, 6.07) is 4.47. The first-order valence-corrected chi connectivity index (χ1v) is 4.50. The third-order valence-electron chi connectivity index (χ3n) is 1.44. The minimum Gasteiger partial charge on any atom is -0.492 e. The maximum absolute atomic E-state index is 12.9. The average Bonchev–Trinajstić information content (AvgIpc) is 2.11. The van der Waals surface area contributed by atoms with Gasteiger partial charge in [0.05, 0.1) is 16.6 Å². The van der Waals surface area contributed by atoms with E-state index in [0.717, 1.165) is 6.07 Å². The molecule has 68 valence electrons. The standard InChI is InChI=1S/C9H7BrFNO/c1-2-13-9-4-7(10)8(11)3-6(9)5-12/h3-4H,2H2,1H3. The number of benzene rings is 1. The number of halogens is 2. The minimum absolute atomic E-state index is 0.211. The van der Waals surface area contributed by atoms with E-state index < -0.39 is 5.82 Å². The third-order valence-corrected chi connectivity index (χ3v) is 2.05. The second kappa shape index (κ2) is 4.24. The van der Waals surface area contributed by atoms with Gasteiger partial charge in [0, 0.05) is 0 Å². The van der Waals surface area contributed by atoms with Gasteiger partial charge in [-0.2, -0.15) is 5.26 Å². The van der Waals surface area contributed by atoms with Gasteiger partial charge < -0.3 is 4.74 Å². The van der Waals surface area contributed by atoms with E-state index in [2.05, 4.69) is 15.9 Å². The Bertz CT molecular complexity index is 359. The maximum Gasteiger partial charge on any atom is 0.138 e. The van der Waals surface area contributed by atoms with Crippen LogP contribution in [0.15, 0.2) is 16.6 Å². The SMILES string of the molecule is CCOc1cc(Br)c(F)cc1C#N. The molecule has 0 saturated carbocycles. The highest BCUT2D eigenvalue weighted by Crippen LogP contribution is 2.26. The number of nitrogens with zero attached hydrogens (tertiary/aromatic N) is 1. The summed E-state index contributed by atoms with van der Waals surface area (Å²) in [5.74, 6) is -0.0571. The molecule has 0 aliphatic carbocycles. The molecule has 2 nitrogen and oxygen atoms in total. The molecule has 0 spiro atoms. The largest absolute Gasteiger partial charge is 0.492 e. The molecule has 0 N–H and O–H groups in total. The van der Waals surface area contributed by atoms with E-state index in [-0.39, 0.29) is 5.56 Å². The zero-order chi connectivity index (χ0) is 9.84. The molecule has 0 saturated heterocycles. The predicted molar refractivity (Wildman–Crippen MR) is 50.0 cm³/mol. The van der Waals surface area contributed by atoms with Gasteiger partial charge in [0.1, 0.15) is 17.6 Å². The lowest BCUT2D eigenvalue weighted by molar-refractivity contribution is 0.338. The van der Waals surface area contributed by atoms with Crippen LogP contribution in [0, 0.1) is 17.1 Å². The van der Waals surface area contributed by atoms with E-state index in [9.17, 15) is 4.39 Å². The zero-order valence-electron chi connectivity index (χ0n) is 6.97. The van der Waals surface area contributed by atoms with Gasteiger partial charge in [-0.3, -0.25) is 0 Å². The molecule has 1 aromatic carbocycles. The van der Waals surface area contributed by atoms with Gasteiger partial charge in [0.25, 0.3) is 0 Å². The summed E-state index contributed by atoms with van der Waals surface area (Å²) in [5, 5.41) is 8.65. The quantitative estimate of drug-likeness (QED) is 0.801. The second-order valence-corrected chi connectivity index (χ2v) is 3.16. The van der Waals surface area contributed by atoms with E-state index in [1.165, 1.54) is 6.07 Å². The normalized spacial score (nSPS) is 9.38. The van der Waals surface area contributed by atoms with Crippen LogP contribution in [0.5, 0.6) is 5.75 Å². The van der Waals surface area contributed by atoms with Crippen molar-refractivity contribution in [3.63, 3.8) is 0 Å². The zero-order valence-corrected chi connectivity index (χ0v) is 8.56. The first-order chi connectivity index (χ1) is 6.19. The lowest BCUT2D eigenvalue weighted by Crippen LogP contribution is -1.95. The van der Waals surface area contributed by atoms with Crippen molar-refractivity contribution in [3.8, 4) is 11.8 Å². The van der Waals surface area contributed by atoms with Crippen molar-refractivity contribution < 1.29 is 9.13 Å². The predicted octanol–water partition coefficient (Wildman–Crippen LogP) is 2.86. The van der Waals surface area contributed by atoms with Crippen molar-refractivity contribution in [3.05, 3.63) is 28.0 Å². The summed E-state index contributed by atoms with van der Waals surface area (Å²) in [6.45, 7) is 2.26. The van der Waals surface area contributed by atoms with E-state index in [0.29, 0.717) is 16.8 Å². The minimum atomic E-state index is -0.458. The van der Waals surface area contributed by atoms with Crippen molar-refractivity contribution >= 4 is 15.9 Å². The van der Waals surface area contributed by atoms with Gasteiger partial charge in [-0.25, -0.2) is 4.39 Å². The molecule has 0 amide bonds.